The molecule has 0 atom stereocenters. The summed E-state index contributed by atoms with van der Waals surface area (Å²) in [4.78, 5) is 22.9. The summed E-state index contributed by atoms with van der Waals surface area (Å²) in [5, 5.41) is 14.4. The molecule has 2 amide bonds. The first-order valence-electron chi connectivity index (χ1n) is 6.08. The van der Waals surface area contributed by atoms with Gasteiger partial charge in [0.1, 0.15) is 5.56 Å². The van der Waals surface area contributed by atoms with E-state index in [4.69, 9.17) is 16.7 Å². The average Bonchev–Trinajstić information content (AvgIpc) is 2.35. The topological polar surface area (TPSA) is 78.4 Å². The van der Waals surface area contributed by atoms with Crippen molar-refractivity contribution in [1.29, 1.82) is 0 Å². The molecule has 0 fully saturated rings. The van der Waals surface area contributed by atoms with Crippen molar-refractivity contribution in [2.45, 2.75) is 32.7 Å². The Morgan fingerprint density at radius 1 is 1.32 bits per heavy atom. The number of halogens is 1. The van der Waals surface area contributed by atoms with Crippen LogP contribution in [0.4, 0.5) is 10.5 Å². The van der Waals surface area contributed by atoms with Crippen molar-refractivity contribution in [2.24, 2.45) is 0 Å². The van der Waals surface area contributed by atoms with Gasteiger partial charge in [-0.25, -0.2) is 9.59 Å². The van der Waals surface area contributed by atoms with Gasteiger partial charge in [-0.05, 0) is 25.0 Å². The van der Waals surface area contributed by atoms with E-state index in [1.165, 1.54) is 12.1 Å². The van der Waals surface area contributed by atoms with E-state index >= 15 is 0 Å². The summed E-state index contributed by atoms with van der Waals surface area (Å²) in [6, 6.07) is 4.18. The van der Waals surface area contributed by atoms with Crippen molar-refractivity contribution < 1.29 is 14.7 Å². The van der Waals surface area contributed by atoms with Gasteiger partial charge in [-0.2, -0.15) is 0 Å². The van der Waals surface area contributed by atoms with Crippen molar-refractivity contribution in [1.82, 2.24) is 5.32 Å². The second-order valence-corrected chi connectivity index (χ2v) is 4.49. The van der Waals surface area contributed by atoms with Crippen LogP contribution in [0.15, 0.2) is 18.2 Å². The predicted octanol–water partition coefficient (Wildman–Crippen LogP) is 3.35. The number of benzene rings is 1. The van der Waals surface area contributed by atoms with E-state index in [2.05, 4.69) is 10.6 Å². The van der Waals surface area contributed by atoms with E-state index in [-0.39, 0.29) is 22.3 Å². The number of hydrogen-bond acceptors (Lipinski definition) is 2. The minimum atomic E-state index is -1.18. The number of carboxylic acid groups (broad SMARTS) is 1. The number of hydrogen-bond donors (Lipinski definition) is 3. The van der Waals surface area contributed by atoms with E-state index in [0.717, 1.165) is 12.8 Å². The number of carboxylic acids is 1. The Bertz CT molecular complexity index is 473. The lowest BCUT2D eigenvalue weighted by Gasteiger charge is -2.16. The molecule has 0 radical (unpaired) electrons. The summed E-state index contributed by atoms with van der Waals surface area (Å²) in [7, 11) is 0. The third-order valence-corrected chi connectivity index (χ3v) is 3.11. The number of carbonyl (C=O) groups excluding carboxylic acids is 1. The molecule has 0 spiro atoms. The van der Waals surface area contributed by atoms with Crippen LogP contribution in [0, 0.1) is 0 Å². The van der Waals surface area contributed by atoms with Crippen LogP contribution < -0.4 is 10.6 Å². The highest BCUT2D eigenvalue weighted by atomic mass is 35.5. The van der Waals surface area contributed by atoms with Crippen LogP contribution in [0.1, 0.15) is 37.0 Å². The van der Waals surface area contributed by atoms with Gasteiger partial charge < -0.3 is 15.7 Å². The first-order chi connectivity index (χ1) is 8.99. The maximum Gasteiger partial charge on any atom is 0.339 e. The number of anilines is 1. The van der Waals surface area contributed by atoms with Crippen LogP contribution in [0.3, 0.4) is 0 Å². The number of aromatic carboxylic acids is 1. The van der Waals surface area contributed by atoms with E-state index in [1.54, 1.807) is 6.07 Å². The first kappa shape index (κ1) is 15.3. The van der Waals surface area contributed by atoms with Crippen molar-refractivity contribution in [3.8, 4) is 0 Å². The number of amides is 2. The Morgan fingerprint density at radius 3 is 2.47 bits per heavy atom. The summed E-state index contributed by atoms with van der Waals surface area (Å²) in [5.74, 6) is -1.18. The van der Waals surface area contributed by atoms with Crippen LogP contribution in [0.25, 0.3) is 0 Å². The first-order valence-corrected chi connectivity index (χ1v) is 6.46. The molecule has 0 heterocycles. The third kappa shape index (κ3) is 4.13. The molecule has 3 N–H and O–H groups in total. The summed E-state index contributed by atoms with van der Waals surface area (Å²) in [6.07, 6.45) is 1.62. The average molecular weight is 285 g/mol. The molecule has 0 saturated carbocycles. The smallest absolute Gasteiger partial charge is 0.339 e. The lowest BCUT2D eigenvalue weighted by atomic mass is 10.1. The van der Waals surface area contributed by atoms with Gasteiger partial charge in [-0.15, -0.1) is 0 Å². The monoisotopic (exact) mass is 284 g/mol. The third-order valence-electron chi connectivity index (χ3n) is 2.80. The van der Waals surface area contributed by atoms with Crippen LogP contribution in [-0.4, -0.2) is 23.1 Å². The van der Waals surface area contributed by atoms with Crippen molar-refractivity contribution in [2.75, 3.05) is 5.32 Å². The van der Waals surface area contributed by atoms with E-state index in [9.17, 15) is 9.59 Å². The van der Waals surface area contributed by atoms with Gasteiger partial charge in [0.15, 0.2) is 0 Å². The molecular weight excluding hydrogens is 268 g/mol. The highest BCUT2D eigenvalue weighted by molar-refractivity contribution is 6.34. The highest BCUT2D eigenvalue weighted by Gasteiger charge is 2.16. The quantitative estimate of drug-likeness (QED) is 0.776. The molecule has 6 heteroatoms. The van der Waals surface area contributed by atoms with Gasteiger partial charge in [0.25, 0.3) is 0 Å². The predicted molar refractivity (Wildman–Crippen MR) is 74.9 cm³/mol. The Balaban J connectivity index is 2.85. The minimum absolute atomic E-state index is 0.0625. The maximum atomic E-state index is 11.8. The fourth-order valence-electron chi connectivity index (χ4n) is 1.68. The number of rotatable bonds is 5. The number of nitrogens with one attached hydrogen (secondary N) is 2. The van der Waals surface area contributed by atoms with Gasteiger partial charge in [0, 0.05) is 6.04 Å². The molecule has 1 aromatic carbocycles. The lowest BCUT2D eigenvalue weighted by molar-refractivity contribution is 0.0698. The van der Waals surface area contributed by atoms with E-state index in [0.29, 0.717) is 0 Å². The maximum absolute atomic E-state index is 11.8. The van der Waals surface area contributed by atoms with Crippen LogP contribution >= 0.6 is 11.6 Å². The van der Waals surface area contributed by atoms with Crippen molar-refractivity contribution in [3.05, 3.63) is 28.8 Å². The van der Waals surface area contributed by atoms with Gasteiger partial charge in [-0.3, -0.25) is 0 Å². The second-order valence-electron chi connectivity index (χ2n) is 4.08. The van der Waals surface area contributed by atoms with Crippen LogP contribution in [0.2, 0.25) is 5.02 Å². The zero-order valence-corrected chi connectivity index (χ0v) is 11.6. The zero-order chi connectivity index (χ0) is 14.4. The molecule has 0 aliphatic carbocycles. The highest BCUT2D eigenvalue weighted by Crippen LogP contribution is 2.24. The zero-order valence-electron chi connectivity index (χ0n) is 10.9. The van der Waals surface area contributed by atoms with Crippen molar-refractivity contribution in [3.63, 3.8) is 0 Å². The fraction of sp³-hybridized carbons (Fsp3) is 0.385. The molecule has 0 bridgehead atoms. The summed E-state index contributed by atoms with van der Waals surface area (Å²) in [5.41, 5.74) is 0.0762. The Labute approximate surface area is 117 Å². The van der Waals surface area contributed by atoms with Crippen LogP contribution in [0.5, 0.6) is 0 Å². The SMILES string of the molecule is CCC(CC)NC(=O)Nc1cccc(Cl)c1C(=O)O. The molecular formula is C13H17ClN2O3. The van der Waals surface area contributed by atoms with E-state index < -0.39 is 12.0 Å². The van der Waals surface area contributed by atoms with Gasteiger partial charge >= 0.3 is 12.0 Å². The van der Waals surface area contributed by atoms with Gasteiger partial charge in [0.2, 0.25) is 0 Å². The Morgan fingerprint density at radius 2 is 1.95 bits per heavy atom. The second kappa shape index (κ2) is 6.99. The fourth-order valence-corrected chi connectivity index (χ4v) is 1.94. The number of carbonyl (C=O) groups is 2. The Hall–Kier alpha value is -1.75. The van der Waals surface area contributed by atoms with Crippen molar-refractivity contribution >= 4 is 29.3 Å². The largest absolute Gasteiger partial charge is 0.478 e. The van der Waals surface area contributed by atoms with Crippen LogP contribution in [-0.2, 0) is 0 Å². The lowest BCUT2D eigenvalue weighted by Crippen LogP contribution is -2.37. The van der Waals surface area contributed by atoms with Gasteiger partial charge in [0.05, 0.1) is 10.7 Å². The summed E-state index contributed by atoms with van der Waals surface area (Å²) < 4.78 is 0. The molecule has 0 aliphatic heterocycles. The number of urea groups is 1. The summed E-state index contributed by atoms with van der Waals surface area (Å²) >= 11 is 5.82. The molecule has 0 aromatic heterocycles. The summed E-state index contributed by atoms with van der Waals surface area (Å²) in [6.45, 7) is 3.94. The minimum Gasteiger partial charge on any atom is -0.478 e. The van der Waals surface area contributed by atoms with Gasteiger partial charge in [-0.1, -0.05) is 31.5 Å². The molecule has 104 valence electrons. The molecule has 1 rings (SSSR count). The molecule has 0 unspecified atom stereocenters. The molecule has 0 aliphatic rings. The normalized spacial score (nSPS) is 10.3. The standard InChI is InChI=1S/C13H17ClN2O3/c1-3-8(4-2)15-13(19)16-10-7-5-6-9(14)11(10)12(17)18/h5-8H,3-4H2,1-2H3,(H,17,18)(H2,15,16,19). The molecule has 1 aromatic rings. The molecule has 5 nitrogen and oxygen atoms in total. The Kier molecular flexibility index (Phi) is 5.63. The molecule has 19 heavy (non-hydrogen) atoms. The van der Waals surface area contributed by atoms with E-state index in [1.807, 2.05) is 13.8 Å². The molecule has 0 saturated heterocycles.